The second-order valence-electron chi connectivity index (χ2n) is 10.1. The summed E-state index contributed by atoms with van der Waals surface area (Å²) < 4.78 is 17.2. The lowest BCUT2D eigenvalue weighted by molar-refractivity contribution is -0.0893. The molecule has 1 fully saturated rings. The summed E-state index contributed by atoms with van der Waals surface area (Å²) in [6, 6.07) is 6.23. The fourth-order valence-corrected chi connectivity index (χ4v) is 3.97. The average molecular weight is 468 g/mol. The number of amides is 1. The molecule has 0 unspecified atom stereocenters. The highest BCUT2D eigenvalue weighted by Gasteiger charge is 2.35. The molecule has 1 aromatic carbocycles. The molecule has 1 N–H and O–H groups in total. The molecule has 0 atom stereocenters. The van der Waals surface area contributed by atoms with E-state index in [1.54, 1.807) is 25.8 Å². The van der Waals surface area contributed by atoms with E-state index in [1.807, 2.05) is 38.1 Å². The zero-order chi connectivity index (χ0) is 24.9. The van der Waals surface area contributed by atoms with Crippen LogP contribution in [0, 0.1) is 0 Å². The molecule has 0 aliphatic heterocycles. The summed E-state index contributed by atoms with van der Waals surface area (Å²) in [6.07, 6.45) is 7.87. The van der Waals surface area contributed by atoms with Crippen LogP contribution in [0.15, 0.2) is 41.7 Å². The SMILES string of the molecule is C=CCc1cc(-c2ncoc2COC(=O)N(C)C2CCCC2)ccc1BOC(C)(C)C(C)(C)O. The molecule has 1 aliphatic carbocycles. The Morgan fingerprint density at radius 2 is 2.03 bits per heavy atom. The molecule has 34 heavy (non-hydrogen) atoms. The van der Waals surface area contributed by atoms with E-state index in [0.29, 0.717) is 25.4 Å². The zero-order valence-electron chi connectivity index (χ0n) is 21.1. The number of carbonyl (C=O) groups excluding carboxylic acids is 1. The molecule has 0 saturated heterocycles. The molecule has 184 valence electrons. The topological polar surface area (TPSA) is 85.0 Å². The first-order valence-electron chi connectivity index (χ1n) is 11.9. The van der Waals surface area contributed by atoms with Crippen molar-refractivity contribution in [3.63, 3.8) is 0 Å². The third-order valence-corrected chi connectivity index (χ3v) is 7.03. The predicted octanol–water partition coefficient (Wildman–Crippen LogP) is 4.12. The van der Waals surface area contributed by atoms with Gasteiger partial charge in [0.15, 0.2) is 18.8 Å². The van der Waals surface area contributed by atoms with E-state index in [2.05, 4.69) is 11.6 Å². The highest BCUT2D eigenvalue weighted by molar-refractivity contribution is 6.47. The second-order valence-corrected chi connectivity index (χ2v) is 10.1. The van der Waals surface area contributed by atoms with Gasteiger partial charge >= 0.3 is 13.6 Å². The van der Waals surface area contributed by atoms with Gasteiger partial charge in [-0.1, -0.05) is 31.1 Å². The minimum atomic E-state index is -0.982. The number of nitrogens with zero attached hydrogens (tertiary/aromatic N) is 2. The van der Waals surface area contributed by atoms with E-state index in [-0.39, 0.29) is 18.7 Å². The first-order valence-corrected chi connectivity index (χ1v) is 11.9. The summed E-state index contributed by atoms with van der Waals surface area (Å²) in [5.41, 5.74) is 1.87. The van der Waals surface area contributed by atoms with Crippen molar-refractivity contribution in [3.8, 4) is 11.3 Å². The van der Waals surface area contributed by atoms with Gasteiger partial charge in [-0.3, -0.25) is 0 Å². The number of aliphatic hydroxyl groups is 1. The largest absolute Gasteiger partial charge is 0.444 e. The normalized spacial score (nSPS) is 14.8. The Hall–Kier alpha value is -2.58. The minimum Gasteiger partial charge on any atom is -0.444 e. The molecule has 1 saturated carbocycles. The van der Waals surface area contributed by atoms with Gasteiger partial charge in [-0.2, -0.15) is 0 Å². The van der Waals surface area contributed by atoms with Crippen molar-refractivity contribution in [1.82, 2.24) is 9.88 Å². The number of allylic oxidation sites excluding steroid dienone is 1. The molecule has 1 heterocycles. The molecule has 1 aliphatic rings. The molecule has 2 aromatic rings. The van der Waals surface area contributed by atoms with E-state index in [1.165, 1.54) is 6.39 Å². The number of carbonyl (C=O) groups is 1. The van der Waals surface area contributed by atoms with Crippen molar-refractivity contribution in [2.75, 3.05) is 7.05 Å². The Labute approximate surface area is 203 Å². The van der Waals surface area contributed by atoms with Crippen LogP contribution in [0.1, 0.15) is 64.7 Å². The maximum atomic E-state index is 12.5. The highest BCUT2D eigenvalue weighted by atomic mass is 16.6. The van der Waals surface area contributed by atoms with E-state index < -0.39 is 11.2 Å². The van der Waals surface area contributed by atoms with Crippen molar-refractivity contribution >= 4 is 19.0 Å². The molecule has 0 bridgehead atoms. The Balaban J connectivity index is 1.72. The van der Waals surface area contributed by atoms with Gasteiger partial charge in [0.25, 0.3) is 0 Å². The number of hydrogen-bond donors (Lipinski definition) is 1. The van der Waals surface area contributed by atoms with E-state index in [4.69, 9.17) is 13.8 Å². The summed E-state index contributed by atoms with van der Waals surface area (Å²) >= 11 is 0. The molecular formula is C26H37BN2O5. The van der Waals surface area contributed by atoms with E-state index >= 15 is 0 Å². The number of aromatic nitrogens is 1. The molecule has 1 amide bonds. The molecule has 0 spiro atoms. The van der Waals surface area contributed by atoms with Crippen molar-refractivity contribution in [3.05, 3.63) is 48.6 Å². The summed E-state index contributed by atoms with van der Waals surface area (Å²) in [7, 11) is 2.15. The monoisotopic (exact) mass is 468 g/mol. The van der Waals surface area contributed by atoms with Gasteiger partial charge in [-0.25, -0.2) is 9.78 Å². The summed E-state index contributed by atoms with van der Waals surface area (Å²) in [5, 5.41) is 10.4. The molecule has 3 rings (SSSR count). The minimum absolute atomic E-state index is 0.0205. The maximum absolute atomic E-state index is 12.5. The van der Waals surface area contributed by atoms with Gasteiger partial charge in [0.1, 0.15) is 5.69 Å². The zero-order valence-corrected chi connectivity index (χ0v) is 21.1. The van der Waals surface area contributed by atoms with Crippen LogP contribution in [0.5, 0.6) is 0 Å². The summed E-state index contributed by atoms with van der Waals surface area (Å²) in [4.78, 5) is 18.5. The second kappa shape index (κ2) is 10.8. The molecule has 1 aromatic heterocycles. The summed E-state index contributed by atoms with van der Waals surface area (Å²) in [6.45, 7) is 11.1. The van der Waals surface area contributed by atoms with Crippen molar-refractivity contribution < 1.29 is 23.7 Å². The van der Waals surface area contributed by atoms with Crippen molar-refractivity contribution in [2.45, 2.75) is 83.6 Å². The van der Waals surface area contributed by atoms with Gasteiger partial charge in [0.05, 0.1) is 11.2 Å². The Kier molecular flexibility index (Phi) is 8.26. The van der Waals surface area contributed by atoms with Gasteiger partial charge in [-0.15, -0.1) is 6.58 Å². The Morgan fingerprint density at radius 3 is 2.68 bits per heavy atom. The fraction of sp³-hybridized carbons (Fsp3) is 0.538. The van der Waals surface area contributed by atoms with Crippen LogP contribution in [0.4, 0.5) is 4.79 Å². The van der Waals surface area contributed by atoms with Crippen LogP contribution < -0.4 is 5.46 Å². The number of ether oxygens (including phenoxy) is 1. The van der Waals surface area contributed by atoms with Crippen LogP contribution in [0.3, 0.4) is 0 Å². The molecule has 7 nitrogen and oxygen atoms in total. The summed E-state index contributed by atoms with van der Waals surface area (Å²) in [5.74, 6) is 0.505. The number of hydrogen-bond acceptors (Lipinski definition) is 6. The van der Waals surface area contributed by atoms with Gasteiger partial charge in [0, 0.05) is 18.7 Å². The molecular weight excluding hydrogens is 431 g/mol. The third-order valence-electron chi connectivity index (χ3n) is 7.03. The lowest BCUT2D eigenvalue weighted by atomic mass is 9.79. The number of rotatable bonds is 10. The quantitative estimate of drug-likeness (QED) is 0.417. The lowest BCUT2D eigenvalue weighted by Gasteiger charge is -2.37. The van der Waals surface area contributed by atoms with Gasteiger partial charge in [-0.05, 0) is 64.1 Å². The maximum Gasteiger partial charge on any atom is 0.410 e. The Morgan fingerprint density at radius 1 is 1.32 bits per heavy atom. The molecule has 8 heteroatoms. The van der Waals surface area contributed by atoms with Crippen molar-refractivity contribution in [2.24, 2.45) is 0 Å². The van der Waals surface area contributed by atoms with Gasteiger partial charge < -0.3 is 23.8 Å². The standard InChI is InChI=1S/C26H37BN2O5/c1-7-10-18-15-19(13-14-21(18)27-34-26(4,5)25(2,3)31)23-22(33-17-28-23)16-32-24(30)29(6)20-11-8-9-12-20/h7,13-15,17,20,27,31H,1,8-12,16H2,2-6H3. The predicted molar refractivity (Wildman–Crippen MR) is 134 cm³/mol. The average Bonchev–Trinajstić information content (AvgIpc) is 3.47. The smallest absolute Gasteiger partial charge is 0.410 e. The first kappa shape index (κ1) is 26.0. The van der Waals surface area contributed by atoms with Crippen molar-refractivity contribution in [1.29, 1.82) is 0 Å². The highest BCUT2D eigenvalue weighted by Crippen LogP contribution is 2.27. The third kappa shape index (κ3) is 6.10. The van der Waals surface area contributed by atoms with E-state index in [9.17, 15) is 9.90 Å². The van der Waals surface area contributed by atoms with Gasteiger partial charge in [0.2, 0.25) is 0 Å². The number of oxazole rings is 1. The van der Waals surface area contributed by atoms with Crippen LogP contribution >= 0.6 is 0 Å². The van der Waals surface area contributed by atoms with Crippen LogP contribution in [-0.4, -0.2) is 52.9 Å². The van der Waals surface area contributed by atoms with E-state index in [0.717, 1.165) is 42.3 Å². The van der Waals surface area contributed by atoms with Crippen LogP contribution in [0.2, 0.25) is 0 Å². The lowest BCUT2D eigenvalue weighted by Crippen LogP contribution is -2.49. The van der Waals surface area contributed by atoms with Crippen LogP contribution in [0.25, 0.3) is 11.3 Å². The first-order chi connectivity index (χ1) is 16.0. The Bertz CT molecular complexity index is 989. The molecule has 0 radical (unpaired) electrons. The van der Waals surface area contributed by atoms with Crippen LogP contribution in [-0.2, 0) is 22.4 Å². The fourth-order valence-electron chi connectivity index (χ4n) is 3.97. The number of benzene rings is 1.